The van der Waals surface area contributed by atoms with Crippen LogP contribution < -0.4 is 15.0 Å². The number of rotatable bonds is 5. The van der Waals surface area contributed by atoms with E-state index < -0.39 is 0 Å². The van der Waals surface area contributed by atoms with Gasteiger partial charge in [0, 0.05) is 18.8 Å². The first-order valence-corrected chi connectivity index (χ1v) is 8.00. The molecule has 4 heteroatoms. The number of carbonyl (C=O) groups excluding carboxylic acids is 1. The fourth-order valence-electron chi connectivity index (χ4n) is 2.95. The van der Waals surface area contributed by atoms with Crippen molar-refractivity contribution in [2.24, 2.45) is 0 Å². The monoisotopic (exact) mass is 310 g/mol. The van der Waals surface area contributed by atoms with E-state index in [9.17, 15) is 4.79 Å². The molecule has 0 bridgehead atoms. The number of para-hydroxylation sites is 1. The summed E-state index contributed by atoms with van der Waals surface area (Å²) in [4.78, 5) is 14.4. The number of hydrogen-bond acceptors (Lipinski definition) is 3. The van der Waals surface area contributed by atoms with E-state index in [0.29, 0.717) is 13.1 Å². The summed E-state index contributed by atoms with van der Waals surface area (Å²) >= 11 is 0. The molecule has 0 aromatic heterocycles. The standard InChI is InChI=1S/C19H22N2O2/c1-23-17-10-8-15(9-11-17)13-20-14-19(22)21-12-4-6-16-5-2-3-7-18(16)21/h2-3,5,7-11,20H,4,6,12-14H2,1H3. The summed E-state index contributed by atoms with van der Waals surface area (Å²) in [6.45, 7) is 1.83. The van der Waals surface area contributed by atoms with Crippen molar-refractivity contribution >= 4 is 11.6 Å². The number of methoxy groups -OCH3 is 1. The van der Waals surface area contributed by atoms with Crippen LogP contribution in [-0.4, -0.2) is 26.1 Å². The second kappa shape index (κ2) is 7.29. The average molecular weight is 310 g/mol. The first kappa shape index (κ1) is 15.6. The number of carbonyl (C=O) groups is 1. The van der Waals surface area contributed by atoms with Gasteiger partial charge in [0.2, 0.25) is 5.91 Å². The van der Waals surface area contributed by atoms with Crippen molar-refractivity contribution in [3.05, 3.63) is 59.7 Å². The summed E-state index contributed by atoms with van der Waals surface area (Å²) in [6.07, 6.45) is 2.08. The summed E-state index contributed by atoms with van der Waals surface area (Å²) < 4.78 is 5.14. The first-order valence-electron chi connectivity index (χ1n) is 8.00. The number of ether oxygens (including phenoxy) is 1. The van der Waals surface area contributed by atoms with Crippen LogP contribution in [0, 0.1) is 0 Å². The normalized spacial score (nSPS) is 13.5. The molecule has 23 heavy (non-hydrogen) atoms. The van der Waals surface area contributed by atoms with Gasteiger partial charge < -0.3 is 15.0 Å². The number of nitrogens with one attached hydrogen (secondary N) is 1. The zero-order chi connectivity index (χ0) is 16.1. The maximum atomic E-state index is 12.5. The molecule has 2 aromatic rings. The van der Waals surface area contributed by atoms with Crippen LogP contribution in [0.2, 0.25) is 0 Å². The van der Waals surface area contributed by atoms with Gasteiger partial charge in [0.25, 0.3) is 0 Å². The Morgan fingerprint density at radius 2 is 1.96 bits per heavy atom. The van der Waals surface area contributed by atoms with Crippen LogP contribution in [-0.2, 0) is 17.8 Å². The molecule has 0 radical (unpaired) electrons. The van der Waals surface area contributed by atoms with Crippen LogP contribution in [0.3, 0.4) is 0 Å². The van der Waals surface area contributed by atoms with E-state index >= 15 is 0 Å². The molecule has 1 heterocycles. The zero-order valence-corrected chi connectivity index (χ0v) is 13.4. The lowest BCUT2D eigenvalue weighted by molar-refractivity contribution is -0.117. The Morgan fingerprint density at radius 1 is 1.17 bits per heavy atom. The zero-order valence-electron chi connectivity index (χ0n) is 13.4. The van der Waals surface area contributed by atoms with Crippen LogP contribution in [0.15, 0.2) is 48.5 Å². The molecular weight excluding hydrogens is 288 g/mol. The van der Waals surface area contributed by atoms with Gasteiger partial charge in [-0.3, -0.25) is 4.79 Å². The van der Waals surface area contributed by atoms with Crippen molar-refractivity contribution < 1.29 is 9.53 Å². The number of benzene rings is 2. The van der Waals surface area contributed by atoms with E-state index in [1.165, 1.54) is 5.56 Å². The van der Waals surface area contributed by atoms with E-state index in [4.69, 9.17) is 4.74 Å². The molecule has 3 rings (SSSR count). The Labute approximate surface area is 137 Å². The second-order valence-electron chi connectivity index (χ2n) is 5.73. The maximum Gasteiger partial charge on any atom is 0.240 e. The van der Waals surface area contributed by atoms with Gasteiger partial charge >= 0.3 is 0 Å². The van der Waals surface area contributed by atoms with Crippen molar-refractivity contribution in [2.45, 2.75) is 19.4 Å². The quantitative estimate of drug-likeness (QED) is 0.923. The van der Waals surface area contributed by atoms with Crippen LogP contribution in [0.5, 0.6) is 5.75 Å². The molecule has 0 saturated carbocycles. The summed E-state index contributed by atoms with van der Waals surface area (Å²) in [5.74, 6) is 0.973. The van der Waals surface area contributed by atoms with E-state index in [2.05, 4.69) is 11.4 Å². The third kappa shape index (κ3) is 3.71. The van der Waals surface area contributed by atoms with Gasteiger partial charge in [0.05, 0.1) is 13.7 Å². The number of amides is 1. The molecule has 2 aromatic carbocycles. The molecule has 0 unspecified atom stereocenters. The Balaban J connectivity index is 1.55. The van der Waals surface area contributed by atoms with Gasteiger partial charge in [-0.2, -0.15) is 0 Å². The number of nitrogens with zero attached hydrogens (tertiary/aromatic N) is 1. The SMILES string of the molecule is COc1ccc(CNCC(=O)N2CCCc3ccccc32)cc1. The molecular formula is C19H22N2O2. The molecule has 4 nitrogen and oxygen atoms in total. The third-order valence-corrected chi connectivity index (χ3v) is 4.18. The Morgan fingerprint density at radius 3 is 2.74 bits per heavy atom. The van der Waals surface area contributed by atoms with Gasteiger partial charge in [0.1, 0.15) is 5.75 Å². The van der Waals surface area contributed by atoms with Crippen molar-refractivity contribution in [2.75, 3.05) is 25.1 Å². The maximum absolute atomic E-state index is 12.5. The van der Waals surface area contributed by atoms with Gasteiger partial charge in [-0.15, -0.1) is 0 Å². The smallest absolute Gasteiger partial charge is 0.240 e. The van der Waals surface area contributed by atoms with Gasteiger partial charge in [0.15, 0.2) is 0 Å². The molecule has 0 spiro atoms. The van der Waals surface area contributed by atoms with E-state index in [0.717, 1.165) is 36.4 Å². The number of anilines is 1. The minimum Gasteiger partial charge on any atom is -0.497 e. The second-order valence-corrected chi connectivity index (χ2v) is 5.73. The summed E-state index contributed by atoms with van der Waals surface area (Å²) in [5.41, 5.74) is 3.47. The fourth-order valence-corrected chi connectivity index (χ4v) is 2.95. The Hall–Kier alpha value is -2.33. The molecule has 1 aliphatic rings. The van der Waals surface area contributed by atoms with Crippen molar-refractivity contribution in [1.29, 1.82) is 0 Å². The lowest BCUT2D eigenvalue weighted by atomic mass is 10.0. The van der Waals surface area contributed by atoms with E-state index in [1.54, 1.807) is 7.11 Å². The Kier molecular flexibility index (Phi) is 4.93. The predicted octanol–water partition coefficient (Wildman–Crippen LogP) is 2.76. The van der Waals surface area contributed by atoms with Crippen molar-refractivity contribution in [3.63, 3.8) is 0 Å². The lowest BCUT2D eigenvalue weighted by Gasteiger charge is -2.29. The van der Waals surface area contributed by atoms with Gasteiger partial charge in [-0.1, -0.05) is 30.3 Å². The Bertz CT molecular complexity index is 667. The lowest BCUT2D eigenvalue weighted by Crippen LogP contribution is -2.41. The molecule has 0 aliphatic carbocycles. The number of fused-ring (bicyclic) bond motifs is 1. The molecule has 0 fully saturated rings. The van der Waals surface area contributed by atoms with Gasteiger partial charge in [-0.05, 0) is 42.2 Å². The number of hydrogen-bond donors (Lipinski definition) is 1. The highest BCUT2D eigenvalue weighted by atomic mass is 16.5. The molecule has 0 atom stereocenters. The number of aryl methyl sites for hydroxylation is 1. The largest absolute Gasteiger partial charge is 0.497 e. The highest BCUT2D eigenvalue weighted by Crippen LogP contribution is 2.26. The summed E-state index contributed by atoms with van der Waals surface area (Å²) in [6, 6.07) is 16.1. The van der Waals surface area contributed by atoms with Crippen molar-refractivity contribution in [3.8, 4) is 5.75 Å². The average Bonchev–Trinajstić information content (AvgIpc) is 2.61. The highest BCUT2D eigenvalue weighted by Gasteiger charge is 2.21. The van der Waals surface area contributed by atoms with E-state index in [1.807, 2.05) is 47.4 Å². The van der Waals surface area contributed by atoms with Crippen molar-refractivity contribution in [1.82, 2.24) is 5.32 Å². The van der Waals surface area contributed by atoms with Crippen LogP contribution >= 0.6 is 0 Å². The predicted molar refractivity (Wildman–Crippen MR) is 91.8 cm³/mol. The molecule has 1 N–H and O–H groups in total. The molecule has 120 valence electrons. The van der Waals surface area contributed by atoms with Crippen LogP contribution in [0.1, 0.15) is 17.5 Å². The van der Waals surface area contributed by atoms with Crippen LogP contribution in [0.4, 0.5) is 5.69 Å². The molecule has 1 amide bonds. The summed E-state index contributed by atoms with van der Waals surface area (Å²) in [7, 11) is 1.66. The van der Waals surface area contributed by atoms with E-state index in [-0.39, 0.29) is 5.91 Å². The highest BCUT2D eigenvalue weighted by molar-refractivity contribution is 5.95. The van der Waals surface area contributed by atoms with Crippen LogP contribution in [0.25, 0.3) is 0 Å². The minimum absolute atomic E-state index is 0.130. The topological polar surface area (TPSA) is 41.6 Å². The first-order chi connectivity index (χ1) is 11.3. The third-order valence-electron chi connectivity index (χ3n) is 4.18. The minimum atomic E-state index is 0.130. The van der Waals surface area contributed by atoms with Gasteiger partial charge in [-0.25, -0.2) is 0 Å². The summed E-state index contributed by atoms with van der Waals surface area (Å²) in [5, 5.41) is 3.24. The fraction of sp³-hybridized carbons (Fsp3) is 0.316. The molecule has 1 aliphatic heterocycles. The molecule has 0 saturated heterocycles.